The first kappa shape index (κ1) is 22.9. The Morgan fingerprint density at radius 1 is 1.00 bits per heavy atom. The number of carbonyl (C=O) groups excluding carboxylic acids is 4. The van der Waals surface area contributed by atoms with E-state index in [4.69, 9.17) is 9.47 Å². The van der Waals surface area contributed by atoms with E-state index in [1.54, 1.807) is 54.6 Å². The van der Waals surface area contributed by atoms with E-state index in [-0.39, 0.29) is 11.5 Å². The van der Waals surface area contributed by atoms with Gasteiger partial charge in [0.2, 0.25) is 5.91 Å². The van der Waals surface area contributed by atoms with Crippen molar-refractivity contribution in [3.05, 3.63) is 59.0 Å². The molecular weight excluding hydrogens is 436 g/mol. The van der Waals surface area contributed by atoms with Gasteiger partial charge in [0.25, 0.3) is 11.1 Å². The molecule has 0 aromatic heterocycles. The maximum absolute atomic E-state index is 12.6. The van der Waals surface area contributed by atoms with Crippen LogP contribution in [0.15, 0.2) is 53.4 Å². The minimum atomic E-state index is -0.545. The van der Waals surface area contributed by atoms with Crippen molar-refractivity contribution in [3.63, 3.8) is 0 Å². The van der Waals surface area contributed by atoms with Crippen molar-refractivity contribution in [1.82, 2.24) is 4.90 Å². The molecule has 0 aliphatic carbocycles. The summed E-state index contributed by atoms with van der Waals surface area (Å²) in [4.78, 5) is 49.4. The van der Waals surface area contributed by atoms with E-state index in [2.05, 4.69) is 10.1 Å². The number of hydrogen-bond acceptors (Lipinski definition) is 8. The Labute approximate surface area is 188 Å². The van der Waals surface area contributed by atoms with Crippen molar-refractivity contribution in [2.24, 2.45) is 0 Å². The number of amides is 3. The zero-order valence-electron chi connectivity index (χ0n) is 17.3. The summed E-state index contributed by atoms with van der Waals surface area (Å²) in [6.07, 6.45) is 1.55. The lowest BCUT2D eigenvalue weighted by Crippen LogP contribution is -2.36. The summed E-state index contributed by atoms with van der Waals surface area (Å²) in [5.74, 6) is -0.446. The van der Waals surface area contributed by atoms with Gasteiger partial charge >= 0.3 is 5.97 Å². The van der Waals surface area contributed by atoms with E-state index in [0.717, 1.165) is 16.7 Å². The molecule has 0 bridgehead atoms. The van der Waals surface area contributed by atoms with Gasteiger partial charge in [0.15, 0.2) is 6.61 Å². The molecule has 0 radical (unpaired) electrons. The molecule has 1 aliphatic heterocycles. The number of esters is 1. The van der Waals surface area contributed by atoms with Gasteiger partial charge in [0.1, 0.15) is 18.0 Å². The lowest BCUT2D eigenvalue weighted by Gasteiger charge is -2.12. The summed E-state index contributed by atoms with van der Waals surface area (Å²) in [5, 5.41) is 2.12. The fraction of sp³-hybridized carbons (Fsp3) is 0.182. The third-order valence-electron chi connectivity index (χ3n) is 4.31. The van der Waals surface area contributed by atoms with Gasteiger partial charge in [-0.3, -0.25) is 19.3 Å². The first-order valence-electron chi connectivity index (χ1n) is 9.38. The van der Waals surface area contributed by atoms with Crippen LogP contribution in [0.1, 0.15) is 5.56 Å². The average Bonchev–Trinajstić information content (AvgIpc) is 3.06. The number of ether oxygens (including phenoxy) is 3. The molecule has 1 saturated heterocycles. The molecule has 0 atom stereocenters. The maximum Gasteiger partial charge on any atom is 0.343 e. The molecule has 0 spiro atoms. The fourth-order valence-corrected chi connectivity index (χ4v) is 3.51. The molecule has 9 nitrogen and oxygen atoms in total. The quantitative estimate of drug-likeness (QED) is 0.477. The van der Waals surface area contributed by atoms with Gasteiger partial charge in [-0.05, 0) is 59.8 Å². The van der Waals surface area contributed by atoms with Crippen LogP contribution in [0, 0.1) is 0 Å². The second-order valence-corrected chi connectivity index (χ2v) is 7.47. The summed E-state index contributed by atoms with van der Waals surface area (Å²) in [7, 11) is 2.80. The SMILES string of the molecule is COC(=O)COc1ccc(/C=C2\SC(=O)N(CC(=O)Nc3ccc(OC)cc3)C2=O)cc1. The van der Waals surface area contributed by atoms with Crippen molar-refractivity contribution in [2.45, 2.75) is 0 Å². The zero-order valence-corrected chi connectivity index (χ0v) is 18.1. The van der Waals surface area contributed by atoms with Crippen molar-refractivity contribution < 1.29 is 33.4 Å². The number of rotatable bonds is 8. The van der Waals surface area contributed by atoms with Gasteiger partial charge in [0.05, 0.1) is 19.1 Å². The summed E-state index contributed by atoms with van der Waals surface area (Å²) in [6, 6.07) is 13.3. The molecule has 3 rings (SSSR count). The van der Waals surface area contributed by atoms with E-state index < -0.39 is 29.6 Å². The second-order valence-electron chi connectivity index (χ2n) is 6.48. The first-order valence-corrected chi connectivity index (χ1v) is 10.2. The van der Waals surface area contributed by atoms with Gasteiger partial charge < -0.3 is 19.5 Å². The number of carbonyl (C=O) groups is 4. The van der Waals surface area contributed by atoms with Crippen LogP contribution in [0.2, 0.25) is 0 Å². The third-order valence-corrected chi connectivity index (χ3v) is 5.22. The number of methoxy groups -OCH3 is 2. The Balaban J connectivity index is 1.60. The minimum Gasteiger partial charge on any atom is -0.497 e. The molecular formula is C22H20N2O7S. The van der Waals surface area contributed by atoms with Crippen LogP contribution in [0.3, 0.4) is 0 Å². The van der Waals surface area contributed by atoms with Crippen LogP contribution in [0.5, 0.6) is 11.5 Å². The number of nitrogens with zero attached hydrogens (tertiary/aromatic N) is 1. The molecule has 1 aliphatic rings. The first-order chi connectivity index (χ1) is 15.4. The number of hydrogen-bond donors (Lipinski definition) is 1. The van der Waals surface area contributed by atoms with Gasteiger partial charge in [0, 0.05) is 5.69 Å². The Bertz CT molecular complexity index is 1050. The highest BCUT2D eigenvalue weighted by Gasteiger charge is 2.36. The lowest BCUT2D eigenvalue weighted by molar-refractivity contribution is -0.142. The maximum atomic E-state index is 12.6. The summed E-state index contributed by atoms with van der Waals surface area (Å²) in [6.45, 7) is -0.609. The van der Waals surface area contributed by atoms with E-state index in [1.807, 2.05) is 0 Å². The monoisotopic (exact) mass is 456 g/mol. The van der Waals surface area contributed by atoms with Crippen molar-refractivity contribution in [3.8, 4) is 11.5 Å². The lowest BCUT2D eigenvalue weighted by atomic mass is 10.2. The van der Waals surface area contributed by atoms with Gasteiger partial charge in [-0.2, -0.15) is 0 Å². The third kappa shape index (κ3) is 5.88. The molecule has 32 heavy (non-hydrogen) atoms. The highest BCUT2D eigenvalue weighted by atomic mass is 32.2. The standard InChI is InChI=1S/C22H20N2O7S/c1-29-16-9-5-15(6-10-16)23-19(25)12-24-21(27)18(32-22(24)28)11-14-3-7-17(8-4-14)31-13-20(26)30-2/h3-11H,12-13H2,1-2H3,(H,23,25)/b18-11-. The van der Waals surface area contributed by atoms with Crippen LogP contribution in [-0.2, 0) is 19.1 Å². The van der Waals surface area contributed by atoms with Crippen LogP contribution in [0.4, 0.5) is 10.5 Å². The Hall–Kier alpha value is -3.79. The highest BCUT2D eigenvalue weighted by molar-refractivity contribution is 8.18. The molecule has 0 saturated carbocycles. The van der Waals surface area contributed by atoms with Crippen LogP contribution >= 0.6 is 11.8 Å². The average molecular weight is 456 g/mol. The predicted octanol–water partition coefficient (Wildman–Crippen LogP) is 2.92. The number of imide groups is 1. The van der Waals surface area contributed by atoms with Crippen molar-refractivity contribution in [1.29, 1.82) is 0 Å². The van der Waals surface area contributed by atoms with Crippen LogP contribution in [-0.4, -0.2) is 55.3 Å². The molecule has 166 valence electrons. The molecule has 3 amide bonds. The zero-order chi connectivity index (χ0) is 23.1. The second kappa shape index (κ2) is 10.5. The van der Waals surface area contributed by atoms with E-state index in [1.165, 1.54) is 14.2 Å². The Morgan fingerprint density at radius 3 is 2.28 bits per heavy atom. The normalized spacial score (nSPS) is 14.4. The summed E-state index contributed by atoms with van der Waals surface area (Å²) in [5.41, 5.74) is 1.18. The smallest absolute Gasteiger partial charge is 0.343 e. The van der Waals surface area contributed by atoms with E-state index in [0.29, 0.717) is 22.7 Å². The molecule has 1 fully saturated rings. The van der Waals surface area contributed by atoms with Gasteiger partial charge in [-0.15, -0.1) is 0 Å². The molecule has 1 N–H and O–H groups in total. The number of thioether (sulfide) groups is 1. The highest BCUT2D eigenvalue weighted by Crippen LogP contribution is 2.32. The molecule has 2 aromatic rings. The minimum absolute atomic E-state index is 0.204. The molecule has 2 aromatic carbocycles. The molecule has 1 heterocycles. The van der Waals surface area contributed by atoms with Crippen LogP contribution in [0.25, 0.3) is 6.08 Å². The summed E-state index contributed by atoms with van der Waals surface area (Å²) >= 11 is 0.761. The Morgan fingerprint density at radius 2 is 1.66 bits per heavy atom. The number of nitrogens with one attached hydrogen (secondary N) is 1. The predicted molar refractivity (Wildman–Crippen MR) is 118 cm³/mol. The molecule has 10 heteroatoms. The van der Waals surface area contributed by atoms with Gasteiger partial charge in [-0.25, -0.2) is 4.79 Å². The summed E-state index contributed by atoms with van der Waals surface area (Å²) < 4.78 is 14.8. The topological polar surface area (TPSA) is 111 Å². The van der Waals surface area contributed by atoms with Crippen molar-refractivity contribution in [2.75, 3.05) is 32.7 Å². The molecule has 0 unspecified atom stereocenters. The fourth-order valence-electron chi connectivity index (χ4n) is 2.67. The number of benzene rings is 2. The Kier molecular flexibility index (Phi) is 7.50. The van der Waals surface area contributed by atoms with Gasteiger partial charge in [-0.1, -0.05) is 12.1 Å². The number of anilines is 1. The van der Waals surface area contributed by atoms with Crippen LogP contribution < -0.4 is 14.8 Å². The van der Waals surface area contributed by atoms with E-state index >= 15 is 0 Å². The van der Waals surface area contributed by atoms with E-state index in [9.17, 15) is 19.2 Å². The van der Waals surface area contributed by atoms with Crippen molar-refractivity contribution >= 4 is 46.5 Å². The largest absolute Gasteiger partial charge is 0.497 e.